The fourth-order valence-corrected chi connectivity index (χ4v) is 3.53. The van der Waals surface area contributed by atoms with Crippen LogP contribution >= 0.6 is 0 Å². The van der Waals surface area contributed by atoms with Crippen LogP contribution in [0.5, 0.6) is 0 Å². The van der Waals surface area contributed by atoms with Gasteiger partial charge in [-0.15, -0.1) is 0 Å². The highest BCUT2D eigenvalue weighted by molar-refractivity contribution is 4.96. The van der Waals surface area contributed by atoms with E-state index < -0.39 is 0 Å². The Hall–Kier alpha value is -0.0800. The van der Waals surface area contributed by atoms with Crippen LogP contribution in [0.25, 0.3) is 0 Å². The zero-order chi connectivity index (χ0) is 10.7. The van der Waals surface area contributed by atoms with Crippen LogP contribution in [0.15, 0.2) is 0 Å². The van der Waals surface area contributed by atoms with E-state index in [4.69, 9.17) is 10.5 Å². The Morgan fingerprint density at radius 1 is 1.27 bits per heavy atom. The van der Waals surface area contributed by atoms with Crippen molar-refractivity contribution < 1.29 is 4.74 Å². The zero-order valence-corrected chi connectivity index (χ0v) is 10.0. The second-order valence-electron chi connectivity index (χ2n) is 5.37. The van der Waals surface area contributed by atoms with Gasteiger partial charge in [0.05, 0.1) is 5.60 Å². The van der Waals surface area contributed by atoms with E-state index in [2.05, 4.69) is 6.92 Å². The highest BCUT2D eigenvalue weighted by Crippen LogP contribution is 2.45. The third-order valence-electron chi connectivity index (χ3n) is 4.53. The van der Waals surface area contributed by atoms with Crippen molar-refractivity contribution in [3.63, 3.8) is 0 Å². The molecular weight excluding hydrogens is 186 g/mol. The van der Waals surface area contributed by atoms with Gasteiger partial charge in [-0.05, 0) is 44.6 Å². The van der Waals surface area contributed by atoms with E-state index in [1.54, 1.807) is 0 Å². The van der Waals surface area contributed by atoms with Gasteiger partial charge >= 0.3 is 0 Å². The lowest BCUT2D eigenvalue weighted by atomic mass is 9.71. The Morgan fingerprint density at radius 2 is 2.00 bits per heavy atom. The summed E-state index contributed by atoms with van der Waals surface area (Å²) in [7, 11) is 0. The smallest absolute Gasteiger partial charge is 0.0723 e. The molecule has 1 spiro atoms. The molecule has 2 aliphatic rings. The van der Waals surface area contributed by atoms with Crippen molar-refractivity contribution in [3.05, 3.63) is 0 Å². The van der Waals surface area contributed by atoms with Gasteiger partial charge in [-0.2, -0.15) is 0 Å². The molecular formula is C13H25NO. The molecule has 1 saturated carbocycles. The lowest BCUT2D eigenvalue weighted by molar-refractivity contribution is -0.0579. The molecule has 88 valence electrons. The van der Waals surface area contributed by atoms with Crippen LogP contribution in [0.4, 0.5) is 0 Å². The average Bonchev–Trinajstić information content (AvgIpc) is 2.65. The highest BCUT2D eigenvalue weighted by atomic mass is 16.5. The van der Waals surface area contributed by atoms with E-state index in [1.807, 2.05) is 0 Å². The molecule has 0 aromatic rings. The summed E-state index contributed by atoms with van der Waals surface area (Å²) in [5, 5.41) is 0. The summed E-state index contributed by atoms with van der Waals surface area (Å²) in [4.78, 5) is 0. The minimum Gasteiger partial charge on any atom is -0.375 e. The molecule has 0 aromatic heterocycles. The zero-order valence-electron chi connectivity index (χ0n) is 10.0. The summed E-state index contributed by atoms with van der Waals surface area (Å²) in [6, 6.07) is 0. The Kier molecular flexibility index (Phi) is 3.68. The number of hydrogen-bond donors (Lipinski definition) is 1. The first-order valence-corrected chi connectivity index (χ1v) is 6.65. The molecule has 1 atom stereocenters. The van der Waals surface area contributed by atoms with Gasteiger partial charge in [-0.1, -0.05) is 19.8 Å². The van der Waals surface area contributed by atoms with E-state index in [1.165, 1.54) is 44.9 Å². The summed E-state index contributed by atoms with van der Waals surface area (Å²) in [5.74, 6) is 1.60. The van der Waals surface area contributed by atoms with Gasteiger partial charge in [-0.25, -0.2) is 0 Å². The molecule has 1 heterocycles. The monoisotopic (exact) mass is 211 g/mol. The minimum atomic E-state index is 0.193. The molecule has 2 heteroatoms. The van der Waals surface area contributed by atoms with Crippen molar-refractivity contribution >= 4 is 0 Å². The summed E-state index contributed by atoms with van der Waals surface area (Å²) >= 11 is 0. The van der Waals surface area contributed by atoms with Crippen LogP contribution < -0.4 is 5.73 Å². The summed E-state index contributed by atoms with van der Waals surface area (Å²) < 4.78 is 6.03. The Balaban J connectivity index is 1.90. The topological polar surface area (TPSA) is 35.2 Å². The van der Waals surface area contributed by atoms with Crippen molar-refractivity contribution in [2.45, 2.75) is 57.5 Å². The average molecular weight is 211 g/mol. The molecule has 1 unspecified atom stereocenters. The van der Waals surface area contributed by atoms with E-state index in [0.717, 1.165) is 19.1 Å². The Labute approximate surface area is 93.6 Å². The second kappa shape index (κ2) is 4.84. The van der Waals surface area contributed by atoms with E-state index in [9.17, 15) is 0 Å². The van der Waals surface area contributed by atoms with Crippen molar-refractivity contribution in [3.8, 4) is 0 Å². The maximum Gasteiger partial charge on any atom is 0.0723 e. The predicted octanol–water partition coefficient (Wildman–Crippen LogP) is 2.71. The largest absolute Gasteiger partial charge is 0.375 e. The SMILES string of the molecule is CCCC1CCC2(CC1)OCCC2CN. The fraction of sp³-hybridized carbons (Fsp3) is 1.00. The molecule has 1 saturated heterocycles. The molecule has 15 heavy (non-hydrogen) atoms. The Bertz CT molecular complexity index is 197. The summed E-state index contributed by atoms with van der Waals surface area (Å²) in [6.07, 6.45) is 9.19. The van der Waals surface area contributed by atoms with Crippen molar-refractivity contribution in [1.82, 2.24) is 0 Å². The number of nitrogens with two attached hydrogens (primary N) is 1. The lowest BCUT2D eigenvalue weighted by Gasteiger charge is -2.40. The maximum atomic E-state index is 6.03. The van der Waals surface area contributed by atoms with E-state index >= 15 is 0 Å². The predicted molar refractivity (Wildman–Crippen MR) is 62.7 cm³/mol. The molecule has 0 radical (unpaired) electrons. The van der Waals surface area contributed by atoms with Gasteiger partial charge in [0.1, 0.15) is 0 Å². The molecule has 1 aliphatic heterocycles. The maximum absolute atomic E-state index is 6.03. The van der Waals surface area contributed by atoms with Gasteiger partial charge in [0.2, 0.25) is 0 Å². The van der Waals surface area contributed by atoms with Crippen LogP contribution in [0.1, 0.15) is 51.9 Å². The van der Waals surface area contributed by atoms with Gasteiger partial charge in [0.25, 0.3) is 0 Å². The van der Waals surface area contributed by atoms with Gasteiger partial charge in [0, 0.05) is 12.5 Å². The molecule has 0 amide bonds. The third-order valence-corrected chi connectivity index (χ3v) is 4.53. The van der Waals surface area contributed by atoms with Gasteiger partial charge in [0.15, 0.2) is 0 Å². The van der Waals surface area contributed by atoms with Crippen molar-refractivity contribution in [2.75, 3.05) is 13.2 Å². The van der Waals surface area contributed by atoms with Crippen LogP contribution in [0.2, 0.25) is 0 Å². The molecule has 2 N–H and O–H groups in total. The fourth-order valence-electron chi connectivity index (χ4n) is 3.53. The first-order chi connectivity index (χ1) is 7.30. The molecule has 1 aliphatic carbocycles. The molecule has 2 nitrogen and oxygen atoms in total. The molecule has 2 rings (SSSR count). The van der Waals surface area contributed by atoms with Crippen molar-refractivity contribution in [1.29, 1.82) is 0 Å². The number of hydrogen-bond acceptors (Lipinski definition) is 2. The Morgan fingerprint density at radius 3 is 2.60 bits per heavy atom. The second-order valence-corrected chi connectivity index (χ2v) is 5.37. The quantitative estimate of drug-likeness (QED) is 0.779. The highest BCUT2D eigenvalue weighted by Gasteiger charge is 2.45. The summed E-state index contributed by atoms with van der Waals surface area (Å²) in [6.45, 7) is 4.05. The van der Waals surface area contributed by atoms with Crippen LogP contribution in [0.3, 0.4) is 0 Å². The minimum absolute atomic E-state index is 0.193. The molecule has 0 aromatic carbocycles. The first kappa shape index (κ1) is 11.4. The van der Waals surface area contributed by atoms with E-state index in [-0.39, 0.29) is 5.60 Å². The molecule has 0 bridgehead atoms. The van der Waals surface area contributed by atoms with E-state index in [0.29, 0.717) is 5.92 Å². The summed E-state index contributed by atoms with van der Waals surface area (Å²) in [5.41, 5.74) is 6.05. The number of ether oxygens (including phenoxy) is 1. The lowest BCUT2D eigenvalue weighted by Crippen LogP contribution is -2.42. The standard InChI is InChI=1S/C13H25NO/c1-2-3-11-4-7-13(8-5-11)12(10-14)6-9-15-13/h11-12H,2-10,14H2,1H3. The van der Waals surface area contributed by atoms with Crippen LogP contribution in [-0.2, 0) is 4.74 Å². The van der Waals surface area contributed by atoms with Gasteiger partial charge in [-0.3, -0.25) is 0 Å². The van der Waals surface area contributed by atoms with Gasteiger partial charge < -0.3 is 10.5 Å². The first-order valence-electron chi connectivity index (χ1n) is 6.65. The van der Waals surface area contributed by atoms with Crippen LogP contribution in [-0.4, -0.2) is 18.8 Å². The van der Waals surface area contributed by atoms with Crippen LogP contribution in [0, 0.1) is 11.8 Å². The molecule has 2 fully saturated rings. The van der Waals surface area contributed by atoms with Crippen molar-refractivity contribution in [2.24, 2.45) is 17.6 Å². The third kappa shape index (κ3) is 2.21. The number of rotatable bonds is 3. The normalized spacial score (nSPS) is 41.2.